The maximum absolute atomic E-state index is 2.46. The summed E-state index contributed by atoms with van der Waals surface area (Å²) in [4.78, 5) is 9.56. The second-order valence-electron chi connectivity index (χ2n) is 8.55. The van der Waals surface area contributed by atoms with Crippen molar-refractivity contribution in [2.24, 2.45) is 0 Å². The predicted octanol–water partition coefficient (Wildman–Crippen LogP) is 6.03. The number of anilines is 4. The number of fused-ring (bicyclic) bond motifs is 1. The van der Waals surface area contributed by atoms with E-state index in [1.807, 2.05) is 0 Å². The van der Waals surface area contributed by atoms with Gasteiger partial charge in [-0.3, -0.25) is 0 Å². The number of nitrogens with zero attached hydrogens (tertiary/aromatic N) is 4. The van der Waals surface area contributed by atoms with Gasteiger partial charge in [0, 0.05) is 31.7 Å². The number of hydrogen-bond donors (Lipinski definition) is 0. The van der Waals surface area contributed by atoms with Crippen LogP contribution in [0.25, 0.3) is 5.70 Å². The summed E-state index contributed by atoms with van der Waals surface area (Å²) in [7, 11) is 4.35. The second-order valence-corrected chi connectivity index (χ2v) is 8.55. The van der Waals surface area contributed by atoms with Crippen LogP contribution in [0.2, 0.25) is 0 Å². The molecule has 5 rings (SSSR count). The van der Waals surface area contributed by atoms with Crippen molar-refractivity contribution in [3.8, 4) is 0 Å². The molecule has 2 heterocycles. The van der Waals surface area contributed by atoms with Crippen LogP contribution in [0.4, 0.5) is 22.7 Å². The molecule has 0 saturated carbocycles. The Bertz CT molecular complexity index is 1140. The van der Waals surface area contributed by atoms with Gasteiger partial charge in [-0.15, -0.1) is 0 Å². The predicted molar refractivity (Wildman–Crippen MR) is 132 cm³/mol. The summed E-state index contributed by atoms with van der Waals surface area (Å²) < 4.78 is 0. The minimum atomic E-state index is 0.245. The zero-order valence-electron chi connectivity index (χ0n) is 18.9. The largest absolute Gasteiger partial charge is 0.353 e. The first kappa shape index (κ1) is 19.6. The topological polar surface area (TPSA) is 13.0 Å². The summed E-state index contributed by atoms with van der Waals surface area (Å²) in [5, 5.41) is 0. The summed E-state index contributed by atoms with van der Waals surface area (Å²) in [5.74, 6) is 0. The van der Waals surface area contributed by atoms with E-state index in [4.69, 9.17) is 0 Å². The summed E-state index contributed by atoms with van der Waals surface area (Å²) in [5.41, 5.74) is 8.85. The van der Waals surface area contributed by atoms with E-state index >= 15 is 0 Å². The van der Waals surface area contributed by atoms with E-state index in [0.717, 1.165) is 0 Å². The fourth-order valence-electron chi connectivity index (χ4n) is 4.90. The average molecular weight is 411 g/mol. The Morgan fingerprint density at radius 1 is 0.613 bits per heavy atom. The molecule has 31 heavy (non-hydrogen) atoms. The van der Waals surface area contributed by atoms with Crippen LogP contribution in [0.1, 0.15) is 25.0 Å². The third kappa shape index (κ3) is 2.97. The van der Waals surface area contributed by atoms with Gasteiger partial charge in [-0.2, -0.15) is 0 Å². The van der Waals surface area contributed by atoms with Gasteiger partial charge in [-0.1, -0.05) is 48.5 Å². The Kier molecular flexibility index (Phi) is 4.66. The van der Waals surface area contributed by atoms with Gasteiger partial charge in [-0.25, -0.2) is 0 Å². The average Bonchev–Trinajstić information content (AvgIpc) is 3.23. The molecule has 3 aromatic carbocycles. The van der Waals surface area contributed by atoms with E-state index < -0.39 is 0 Å². The van der Waals surface area contributed by atoms with Gasteiger partial charge in [0.05, 0.1) is 17.1 Å². The highest BCUT2D eigenvalue weighted by atomic mass is 15.4. The van der Waals surface area contributed by atoms with Crippen LogP contribution in [0, 0.1) is 6.92 Å². The van der Waals surface area contributed by atoms with E-state index in [0.29, 0.717) is 0 Å². The summed E-state index contributed by atoms with van der Waals surface area (Å²) in [6.45, 7) is 6.78. The molecule has 0 spiro atoms. The first-order chi connectivity index (χ1) is 15.0. The van der Waals surface area contributed by atoms with E-state index in [-0.39, 0.29) is 12.3 Å². The first-order valence-electron chi connectivity index (χ1n) is 11.0. The van der Waals surface area contributed by atoms with Crippen molar-refractivity contribution in [1.82, 2.24) is 4.90 Å². The van der Waals surface area contributed by atoms with Crippen molar-refractivity contribution >= 4 is 28.4 Å². The molecule has 0 aliphatic carbocycles. The number of rotatable bonds is 3. The van der Waals surface area contributed by atoms with Crippen molar-refractivity contribution < 1.29 is 0 Å². The van der Waals surface area contributed by atoms with E-state index in [1.54, 1.807) is 0 Å². The van der Waals surface area contributed by atoms with Crippen molar-refractivity contribution in [3.05, 3.63) is 90.1 Å². The molecule has 0 fully saturated rings. The Morgan fingerprint density at radius 2 is 1.23 bits per heavy atom. The maximum Gasteiger partial charge on any atom is 0.103 e. The van der Waals surface area contributed by atoms with Crippen LogP contribution in [-0.4, -0.2) is 31.3 Å². The smallest absolute Gasteiger partial charge is 0.103 e. The molecule has 4 nitrogen and oxygen atoms in total. The Labute approximate surface area is 185 Å². The first-order valence-corrected chi connectivity index (χ1v) is 11.0. The molecule has 0 N–H and O–H groups in total. The molecule has 158 valence electrons. The minimum absolute atomic E-state index is 0.245. The highest BCUT2D eigenvalue weighted by Crippen LogP contribution is 2.46. The molecular formula is C27H30N4. The van der Waals surface area contributed by atoms with Crippen LogP contribution >= 0.6 is 0 Å². The van der Waals surface area contributed by atoms with Gasteiger partial charge in [0.25, 0.3) is 0 Å². The summed E-state index contributed by atoms with van der Waals surface area (Å²) in [6.07, 6.45) is 2.80. The van der Waals surface area contributed by atoms with Gasteiger partial charge in [0.15, 0.2) is 0 Å². The third-order valence-electron chi connectivity index (χ3n) is 6.94. The molecule has 3 aromatic rings. The standard InChI is InChI=1S/C27H30N4/c1-19-23(30-18-27(28(4)20(30)2)22-12-7-6-8-13-22)16-11-17-24(19)31-21(3)29(5)25-14-9-10-15-26(25)31/h6-18,20-21H,1-5H3/t20-,21+/m1/s1. The lowest BCUT2D eigenvalue weighted by molar-refractivity contribution is 0.399. The molecule has 0 aromatic heterocycles. The van der Waals surface area contributed by atoms with Crippen molar-refractivity contribution in [1.29, 1.82) is 0 Å². The quantitative estimate of drug-likeness (QED) is 0.523. The highest BCUT2D eigenvalue weighted by molar-refractivity contribution is 5.86. The molecule has 2 atom stereocenters. The zero-order chi connectivity index (χ0) is 21.7. The summed E-state index contributed by atoms with van der Waals surface area (Å²) in [6, 6.07) is 26.0. The van der Waals surface area contributed by atoms with Crippen LogP contribution in [0.15, 0.2) is 79.0 Å². The van der Waals surface area contributed by atoms with Crippen molar-refractivity contribution in [2.75, 3.05) is 28.8 Å². The molecule has 0 saturated heterocycles. The highest BCUT2D eigenvalue weighted by Gasteiger charge is 2.34. The number of benzene rings is 3. The number of para-hydroxylation sites is 2. The van der Waals surface area contributed by atoms with Gasteiger partial charge in [0.1, 0.15) is 12.3 Å². The molecule has 2 aliphatic heterocycles. The molecule has 0 bridgehead atoms. The van der Waals surface area contributed by atoms with Gasteiger partial charge in [-0.05, 0) is 56.2 Å². The fourth-order valence-corrected chi connectivity index (χ4v) is 4.90. The molecule has 0 amide bonds. The SMILES string of the molecule is Cc1c(N2C=C(c3ccccc3)N(C)[C@H]2C)cccc1N1c2ccccc2N(C)[C@@H]1C. The van der Waals surface area contributed by atoms with E-state index in [1.165, 1.54) is 39.6 Å². The molecule has 4 heteroatoms. The minimum Gasteiger partial charge on any atom is -0.353 e. The van der Waals surface area contributed by atoms with E-state index in [9.17, 15) is 0 Å². The lowest BCUT2D eigenvalue weighted by Crippen LogP contribution is -2.37. The molecule has 2 aliphatic rings. The van der Waals surface area contributed by atoms with Crippen LogP contribution in [0.3, 0.4) is 0 Å². The Hall–Kier alpha value is -3.40. The molecule has 0 radical (unpaired) electrons. The Balaban J connectivity index is 1.58. The normalized spacial score (nSPS) is 20.4. The van der Waals surface area contributed by atoms with Crippen LogP contribution in [-0.2, 0) is 0 Å². The van der Waals surface area contributed by atoms with Gasteiger partial charge in [0.2, 0.25) is 0 Å². The number of hydrogen-bond acceptors (Lipinski definition) is 4. The lowest BCUT2D eigenvalue weighted by Gasteiger charge is -2.33. The monoisotopic (exact) mass is 410 g/mol. The van der Waals surface area contributed by atoms with Gasteiger partial charge < -0.3 is 19.6 Å². The van der Waals surface area contributed by atoms with Crippen molar-refractivity contribution in [3.63, 3.8) is 0 Å². The van der Waals surface area contributed by atoms with Crippen LogP contribution < -0.4 is 14.7 Å². The van der Waals surface area contributed by atoms with Gasteiger partial charge >= 0.3 is 0 Å². The third-order valence-corrected chi connectivity index (χ3v) is 6.94. The maximum atomic E-state index is 2.46. The van der Waals surface area contributed by atoms with Crippen LogP contribution in [0.5, 0.6) is 0 Å². The summed E-state index contributed by atoms with van der Waals surface area (Å²) >= 11 is 0. The lowest BCUT2D eigenvalue weighted by atomic mass is 10.1. The second kappa shape index (κ2) is 7.38. The Morgan fingerprint density at radius 3 is 1.97 bits per heavy atom. The van der Waals surface area contributed by atoms with Crippen molar-refractivity contribution in [2.45, 2.75) is 33.1 Å². The zero-order valence-corrected chi connectivity index (χ0v) is 18.9. The molecular weight excluding hydrogens is 380 g/mol. The molecule has 0 unspecified atom stereocenters. The fraction of sp³-hybridized carbons (Fsp3) is 0.259. The van der Waals surface area contributed by atoms with E-state index in [2.05, 4.69) is 133 Å².